The van der Waals surface area contributed by atoms with Gasteiger partial charge in [0.2, 0.25) is 0 Å². The first-order valence-corrected chi connectivity index (χ1v) is 8.91. The highest BCUT2D eigenvalue weighted by atomic mass is 32.1. The van der Waals surface area contributed by atoms with Crippen LogP contribution in [0.3, 0.4) is 0 Å². The van der Waals surface area contributed by atoms with Gasteiger partial charge < -0.3 is 4.74 Å². The number of hydrogen-bond acceptors (Lipinski definition) is 5. The summed E-state index contributed by atoms with van der Waals surface area (Å²) in [6.45, 7) is 1.10. The van der Waals surface area contributed by atoms with Crippen LogP contribution < -0.4 is 4.90 Å². The van der Waals surface area contributed by atoms with Crippen LogP contribution in [0.2, 0.25) is 0 Å². The summed E-state index contributed by atoms with van der Waals surface area (Å²) in [4.78, 5) is 19.0. The molecule has 4 rings (SSSR count). The summed E-state index contributed by atoms with van der Waals surface area (Å²) in [6, 6.07) is 6.49. The number of aryl methyl sites for hydroxylation is 1. The SMILES string of the molecule is Cn1nccc1C(=O)N(C[C@@H]1CCCO1)c1nc2c(F)cccc2s1. The normalized spacial score (nSPS) is 17.3. The van der Waals surface area contributed by atoms with Crippen LogP contribution in [0.1, 0.15) is 23.3 Å². The fourth-order valence-corrected chi connectivity index (χ4v) is 3.97. The molecular formula is C17H17FN4O2S. The zero-order valence-electron chi connectivity index (χ0n) is 13.7. The number of ether oxygens (including phenoxy) is 1. The van der Waals surface area contributed by atoms with E-state index in [1.54, 1.807) is 36.3 Å². The minimum atomic E-state index is -0.384. The van der Waals surface area contributed by atoms with Crippen molar-refractivity contribution < 1.29 is 13.9 Å². The highest BCUT2D eigenvalue weighted by Gasteiger charge is 2.28. The van der Waals surface area contributed by atoms with Crippen LogP contribution in [0, 0.1) is 5.82 Å². The van der Waals surface area contributed by atoms with Crippen molar-refractivity contribution in [3.8, 4) is 0 Å². The Hall–Kier alpha value is -2.32. The average molecular weight is 360 g/mol. The van der Waals surface area contributed by atoms with E-state index in [1.165, 1.54) is 22.1 Å². The van der Waals surface area contributed by atoms with Gasteiger partial charge in [0.15, 0.2) is 5.13 Å². The van der Waals surface area contributed by atoms with E-state index in [4.69, 9.17) is 4.74 Å². The number of fused-ring (bicyclic) bond motifs is 1. The lowest BCUT2D eigenvalue weighted by Crippen LogP contribution is -2.38. The van der Waals surface area contributed by atoms with Crippen molar-refractivity contribution in [1.29, 1.82) is 0 Å². The van der Waals surface area contributed by atoms with Crippen molar-refractivity contribution in [2.24, 2.45) is 7.05 Å². The van der Waals surface area contributed by atoms with Gasteiger partial charge in [-0.2, -0.15) is 5.10 Å². The molecule has 0 aliphatic carbocycles. The summed E-state index contributed by atoms with van der Waals surface area (Å²) in [7, 11) is 1.72. The second-order valence-corrected chi connectivity index (χ2v) is 6.98. The van der Waals surface area contributed by atoms with Gasteiger partial charge in [0.1, 0.15) is 17.0 Å². The smallest absolute Gasteiger partial charge is 0.278 e. The number of para-hydroxylation sites is 1. The Morgan fingerprint density at radius 1 is 1.48 bits per heavy atom. The summed E-state index contributed by atoms with van der Waals surface area (Å²) < 4.78 is 21.9. The standard InChI is InChI=1S/C17H17FN4O2S/c1-21-13(7-8-19-21)16(23)22(10-11-4-3-9-24-11)17-20-15-12(18)5-2-6-14(15)25-17/h2,5-8,11H,3-4,9-10H2,1H3/t11-/m0/s1. The molecule has 6 nitrogen and oxygen atoms in total. The summed E-state index contributed by atoms with van der Waals surface area (Å²) in [5, 5.41) is 4.54. The van der Waals surface area contributed by atoms with Gasteiger partial charge in [-0.05, 0) is 31.0 Å². The second kappa shape index (κ2) is 6.53. The first-order valence-electron chi connectivity index (χ1n) is 8.10. The first kappa shape index (κ1) is 16.2. The van der Waals surface area contributed by atoms with Gasteiger partial charge >= 0.3 is 0 Å². The number of carbonyl (C=O) groups excluding carboxylic acids is 1. The topological polar surface area (TPSA) is 60.2 Å². The first-order chi connectivity index (χ1) is 12.1. The van der Waals surface area contributed by atoms with E-state index in [-0.39, 0.29) is 23.3 Å². The van der Waals surface area contributed by atoms with E-state index in [1.807, 2.05) is 0 Å². The second-order valence-electron chi connectivity index (χ2n) is 5.97. The molecule has 1 atom stereocenters. The van der Waals surface area contributed by atoms with Crippen molar-refractivity contribution in [1.82, 2.24) is 14.8 Å². The molecule has 130 valence electrons. The summed E-state index contributed by atoms with van der Waals surface area (Å²) in [5.41, 5.74) is 0.746. The zero-order valence-corrected chi connectivity index (χ0v) is 14.5. The maximum absolute atomic E-state index is 14.0. The van der Waals surface area contributed by atoms with Crippen molar-refractivity contribution >= 4 is 32.6 Å². The molecule has 0 saturated carbocycles. The largest absolute Gasteiger partial charge is 0.376 e. The lowest BCUT2D eigenvalue weighted by molar-refractivity contribution is 0.0909. The minimum absolute atomic E-state index is 0.0333. The van der Waals surface area contributed by atoms with Crippen LogP contribution in [-0.4, -0.2) is 39.9 Å². The summed E-state index contributed by atoms with van der Waals surface area (Å²) in [6.07, 6.45) is 3.42. The molecule has 0 N–H and O–H groups in total. The maximum Gasteiger partial charge on any atom is 0.278 e. The van der Waals surface area contributed by atoms with Gasteiger partial charge in [-0.3, -0.25) is 14.4 Å². The molecule has 0 unspecified atom stereocenters. The van der Waals surface area contributed by atoms with Crippen LogP contribution in [0.25, 0.3) is 10.2 Å². The highest BCUT2D eigenvalue weighted by molar-refractivity contribution is 7.22. The number of rotatable bonds is 4. The Kier molecular flexibility index (Phi) is 4.22. The van der Waals surface area contributed by atoms with E-state index >= 15 is 0 Å². The Bertz CT molecular complexity index is 916. The number of hydrogen-bond donors (Lipinski definition) is 0. The predicted molar refractivity (Wildman–Crippen MR) is 93.4 cm³/mol. The van der Waals surface area contributed by atoms with Gasteiger partial charge in [0.05, 0.1) is 17.3 Å². The highest BCUT2D eigenvalue weighted by Crippen LogP contribution is 2.32. The van der Waals surface area contributed by atoms with Crippen LogP contribution in [0.15, 0.2) is 30.5 Å². The molecule has 3 aromatic rings. The quantitative estimate of drug-likeness (QED) is 0.718. The fourth-order valence-electron chi connectivity index (χ4n) is 2.98. The summed E-state index contributed by atoms with van der Waals surface area (Å²) >= 11 is 1.30. The van der Waals surface area contributed by atoms with Gasteiger partial charge in [-0.15, -0.1) is 0 Å². The monoisotopic (exact) mass is 360 g/mol. The van der Waals surface area contributed by atoms with E-state index < -0.39 is 0 Å². The Balaban J connectivity index is 1.74. The van der Waals surface area contributed by atoms with Crippen LogP contribution in [0.5, 0.6) is 0 Å². The molecule has 1 fully saturated rings. The molecule has 25 heavy (non-hydrogen) atoms. The van der Waals surface area contributed by atoms with Crippen molar-refractivity contribution in [2.45, 2.75) is 18.9 Å². The van der Waals surface area contributed by atoms with E-state index in [9.17, 15) is 9.18 Å². The summed E-state index contributed by atoms with van der Waals surface area (Å²) in [5.74, 6) is -0.597. The van der Waals surface area contributed by atoms with Gasteiger partial charge in [0.25, 0.3) is 5.91 Å². The number of benzene rings is 1. The third-order valence-electron chi connectivity index (χ3n) is 4.28. The molecule has 3 heterocycles. The average Bonchev–Trinajstić information content (AvgIpc) is 3.32. The van der Waals surface area contributed by atoms with Gasteiger partial charge in [-0.1, -0.05) is 17.4 Å². The number of halogens is 1. The van der Waals surface area contributed by atoms with Crippen LogP contribution in [-0.2, 0) is 11.8 Å². The number of thiazole rings is 1. The number of carbonyl (C=O) groups is 1. The van der Waals surface area contributed by atoms with Crippen molar-refractivity contribution in [3.05, 3.63) is 42.0 Å². The lowest BCUT2D eigenvalue weighted by atomic mass is 10.2. The van der Waals surface area contributed by atoms with E-state index in [0.29, 0.717) is 28.7 Å². The Morgan fingerprint density at radius 3 is 3.04 bits per heavy atom. The Morgan fingerprint density at radius 2 is 2.36 bits per heavy atom. The minimum Gasteiger partial charge on any atom is -0.376 e. The molecule has 0 radical (unpaired) electrons. The molecule has 1 saturated heterocycles. The lowest BCUT2D eigenvalue weighted by Gasteiger charge is -2.22. The van der Waals surface area contributed by atoms with E-state index in [2.05, 4.69) is 10.1 Å². The predicted octanol–water partition coefficient (Wildman–Crippen LogP) is 2.99. The van der Waals surface area contributed by atoms with E-state index in [0.717, 1.165) is 12.8 Å². The van der Waals surface area contributed by atoms with Gasteiger partial charge in [-0.25, -0.2) is 9.37 Å². The number of aromatic nitrogens is 3. The number of amides is 1. The van der Waals surface area contributed by atoms with Crippen molar-refractivity contribution in [2.75, 3.05) is 18.1 Å². The maximum atomic E-state index is 14.0. The number of nitrogens with zero attached hydrogens (tertiary/aromatic N) is 4. The molecule has 0 bridgehead atoms. The third kappa shape index (κ3) is 3.03. The Labute approximate surface area is 147 Å². The fraction of sp³-hybridized carbons (Fsp3) is 0.353. The molecule has 1 aliphatic heterocycles. The van der Waals surface area contributed by atoms with Gasteiger partial charge in [0, 0.05) is 19.9 Å². The molecule has 1 aromatic carbocycles. The number of anilines is 1. The molecule has 1 amide bonds. The molecule has 2 aromatic heterocycles. The molecule has 1 aliphatic rings. The third-order valence-corrected chi connectivity index (χ3v) is 5.33. The molecule has 0 spiro atoms. The van der Waals surface area contributed by atoms with Crippen LogP contribution >= 0.6 is 11.3 Å². The molecule has 8 heteroatoms. The van der Waals surface area contributed by atoms with Crippen molar-refractivity contribution in [3.63, 3.8) is 0 Å². The molecular weight excluding hydrogens is 343 g/mol. The zero-order chi connectivity index (χ0) is 17.4. The van der Waals surface area contributed by atoms with Crippen LogP contribution in [0.4, 0.5) is 9.52 Å².